The van der Waals surface area contributed by atoms with E-state index in [2.05, 4.69) is 0 Å². The fraction of sp³-hybridized carbons (Fsp3) is 0.278. The highest BCUT2D eigenvalue weighted by molar-refractivity contribution is 5.97. The molecule has 2 aromatic rings. The van der Waals surface area contributed by atoms with Crippen LogP contribution in [0.25, 0.3) is 0 Å². The molecule has 26 heavy (non-hydrogen) atoms. The Kier molecular flexibility index (Phi) is 5.01. The largest absolute Gasteiger partial charge is 0.467 e. The quantitative estimate of drug-likeness (QED) is 0.776. The first-order valence-electron chi connectivity index (χ1n) is 7.98. The van der Waals surface area contributed by atoms with Gasteiger partial charge in [-0.15, -0.1) is 0 Å². The van der Waals surface area contributed by atoms with Crippen LogP contribution in [0.15, 0.2) is 47.1 Å². The summed E-state index contributed by atoms with van der Waals surface area (Å²) in [6.45, 7) is 0.359. The van der Waals surface area contributed by atoms with Crippen LogP contribution in [0.2, 0.25) is 0 Å². The number of halogens is 1. The van der Waals surface area contributed by atoms with Crippen molar-refractivity contribution in [3.63, 3.8) is 0 Å². The van der Waals surface area contributed by atoms with Crippen molar-refractivity contribution in [2.24, 2.45) is 0 Å². The molecule has 8 heteroatoms. The maximum absolute atomic E-state index is 13.0. The molecule has 1 atom stereocenters. The third-order valence-corrected chi connectivity index (χ3v) is 4.22. The molecule has 3 rings (SSSR count). The van der Waals surface area contributed by atoms with E-state index in [4.69, 9.17) is 9.15 Å². The Morgan fingerprint density at radius 3 is 2.46 bits per heavy atom. The Morgan fingerprint density at radius 2 is 1.85 bits per heavy atom. The number of carbonyl (C=O) groups excluding carboxylic acids is 3. The molecule has 1 saturated heterocycles. The minimum atomic E-state index is -0.948. The number of carbonyl (C=O) groups is 3. The van der Waals surface area contributed by atoms with Gasteiger partial charge in [0.1, 0.15) is 11.9 Å². The van der Waals surface area contributed by atoms with E-state index in [9.17, 15) is 18.8 Å². The molecule has 1 aromatic carbocycles. The average Bonchev–Trinajstić information content (AvgIpc) is 3.21. The van der Waals surface area contributed by atoms with Gasteiger partial charge in [-0.25, -0.2) is 9.18 Å². The Labute approximate surface area is 148 Å². The minimum Gasteiger partial charge on any atom is -0.467 e. The van der Waals surface area contributed by atoms with Crippen molar-refractivity contribution in [3.05, 3.63) is 59.8 Å². The summed E-state index contributed by atoms with van der Waals surface area (Å²) in [5.74, 6) is -1.75. The number of piperazine rings is 1. The van der Waals surface area contributed by atoms with E-state index in [0.717, 1.165) is 0 Å². The zero-order chi connectivity index (χ0) is 18.7. The lowest BCUT2D eigenvalue weighted by Gasteiger charge is -2.39. The normalized spacial score (nSPS) is 17.1. The van der Waals surface area contributed by atoms with Gasteiger partial charge in [0.2, 0.25) is 0 Å². The third-order valence-electron chi connectivity index (χ3n) is 4.22. The van der Waals surface area contributed by atoms with E-state index in [1.165, 1.54) is 53.5 Å². The number of benzene rings is 1. The van der Waals surface area contributed by atoms with Gasteiger partial charge < -0.3 is 19.0 Å². The van der Waals surface area contributed by atoms with Gasteiger partial charge in [-0.2, -0.15) is 0 Å². The summed E-state index contributed by atoms with van der Waals surface area (Å²) in [6.07, 6.45) is 1.37. The van der Waals surface area contributed by atoms with E-state index in [0.29, 0.717) is 5.56 Å². The van der Waals surface area contributed by atoms with Crippen molar-refractivity contribution < 1.29 is 27.9 Å². The van der Waals surface area contributed by atoms with Crippen LogP contribution < -0.4 is 0 Å². The van der Waals surface area contributed by atoms with Crippen molar-refractivity contribution in [1.29, 1.82) is 0 Å². The van der Waals surface area contributed by atoms with Crippen LogP contribution in [0, 0.1) is 5.82 Å². The van der Waals surface area contributed by atoms with Gasteiger partial charge in [-0.05, 0) is 36.4 Å². The van der Waals surface area contributed by atoms with Gasteiger partial charge in [0.25, 0.3) is 11.8 Å². The van der Waals surface area contributed by atoms with E-state index in [1.807, 2.05) is 0 Å². The Hall–Kier alpha value is -3.16. The number of amides is 2. The second kappa shape index (κ2) is 7.38. The van der Waals surface area contributed by atoms with Gasteiger partial charge in [-0.1, -0.05) is 0 Å². The van der Waals surface area contributed by atoms with Crippen molar-refractivity contribution in [2.75, 3.05) is 26.7 Å². The second-order valence-corrected chi connectivity index (χ2v) is 5.77. The zero-order valence-corrected chi connectivity index (χ0v) is 14.1. The van der Waals surface area contributed by atoms with E-state index >= 15 is 0 Å². The van der Waals surface area contributed by atoms with Crippen molar-refractivity contribution >= 4 is 17.8 Å². The topological polar surface area (TPSA) is 80.1 Å². The summed E-state index contributed by atoms with van der Waals surface area (Å²) in [4.78, 5) is 40.1. The monoisotopic (exact) mass is 360 g/mol. The molecule has 1 unspecified atom stereocenters. The molecular weight excluding hydrogens is 343 g/mol. The van der Waals surface area contributed by atoms with Crippen LogP contribution >= 0.6 is 0 Å². The number of hydrogen-bond donors (Lipinski definition) is 0. The van der Waals surface area contributed by atoms with Crippen molar-refractivity contribution in [3.8, 4) is 0 Å². The zero-order valence-electron chi connectivity index (χ0n) is 14.1. The Bertz CT molecular complexity index is 803. The number of esters is 1. The molecule has 0 bridgehead atoms. The molecule has 7 nitrogen and oxygen atoms in total. The summed E-state index contributed by atoms with van der Waals surface area (Å²) in [5.41, 5.74) is 0.306. The minimum absolute atomic E-state index is 0.0185. The first-order valence-corrected chi connectivity index (χ1v) is 7.98. The summed E-state index contributed by atoms with van der Waals surface area (Å²) < 4.78 is 22.9. The fourth-order valence-corrected chi connectivity index (χ4v) is 2.87. The number of furan rings is 1. The molecule has 0 radical (unpaired) electrons. The SMILES string of the molecule is COC(=O)C1CN(C(=O)c2ccc(F)cc2)CCN1C(=O)c1ccco1. The highest BCUT2D eigenvalue weighted by Gasteiger charge is 2.38. The van der Waals surface area contributed by atoms with Gasteiger partial charge in [0, 0.05) is 18.7 Å². The number of rotatable bonds is 3. The molecule has 1 fully saturated rings. The lowest BCUT2D eigenvalue weighted by molar-refractivity contribution is -0.147. The molecule has 1 aromatic heterocycles. The predicted octanol–water partition coefficient (Wildman–Crippen LogP) is 1.56. The van der Waals surface area contributed by atoms with Crippen LogP contribution in [0.4, 0.5) is 4.39 Å². The highest BCUT2D eigenvalue weighted by atomic mass is 19.1. The lowest BCUT2D eigenvalue weighted by Crippen LogP contribution is -2.59. The first kappa shape index (κ1) is 17.7. The summed E-state index contributed by atoms with van der Waals surface area (Å²) in [5, 5.41) is 0. The van der Waals surface area contributed by atoms with Crippen LogP contribution in [-0.2, 0) is 9.53 Å². The second-order valence-electron chi connectivity index (χ2n) is 5.77. The highest BCUT2D eigenvalue weighted by Crippen LogP contribution is 2.18. The summed E-state index contributed by atoms with van der Waals surface area (Å²) in [6, 6.07) is 7.29. The first-order chi connectivity index (χ1) is 12.5. The Balaban J connectivity index is 1.79. The molecule has 0 saturated carbocycles. The van der Waals surface area contributed by atoms with Gasteiger partial charge >= 0.3 is 5.97 Å². The number of methoxy groups -OCH3 is 1. The molecular formula is C18H17FN2O5. The fourth-order valence-electron chi connectivity index (χ4n) is 2.87. The predicted molar refractivity (Wildman–Crippen MR) is 87.9 cm³/mol. The van der Waals surface area contributed by atoms with Crippen LogP contribution in [-0.4, -0.2) is 60.4 Å². The molecule has 0 spiro atoms. The van der Waals surface area contributed by atoms with Crippen molar-refractivity contribution in [2.45, 2.75) is 6.04 Å². The molecule has 2 amide bonds. The van der Waals surface area contributed by atoms with E-state index in [-0.39, 0.29) is 31.3 Å². The summed E-state index contributed by atoms with van der Waals surface area (Å²) >= 11 is 0. The molecule has 136 valence electrons. The summed E-state index contributed by atoms with van der Waals surface area (Å²) in [7, 11) is 1.22. The van der Waals surface area contributed by atoms with Gasteiger partial charge in [-0.3, -0.25) is 9.59 Å². The molecule has 1 aliphatic heterocycles. The Morgan fingerprint density at radius 1 is 1.12 bits per heavy atom. The third kappa shape index (κ3) is 3.44. The molecule has 2 heterocycles. The van der Waals surface area contributed by atoms with E-state index < -0.39 is 23.7 Å². The molecule has 0 N–H and O–H groups in total. The number of nitrogens with zero attached hydrogens (tertiary/aromatic N) is 2. The maximum atomic E-state index is 13.0. The van der Waals surface area contributed by atoms with Gasteiger partial charge in [0.15, 0.2) is 5.76 Å². The molecule has 0 aliphatic carbocycles. The van der Waals surface area contributed by atoms with Crippen LogP contribution in [0.3, 0.4) is 0 Å². The van der Waals surface area contributed by atoms with Crippen molar-refractivity contribution in [1.82, 2.24) is 9.80 Å². The smallest absolute Gasteiger partial charge is 0.330 e. The van der Waals surface area contributed by atoms with E-state index in [1.54, 1.807) is 6.07 Å². The number of hydrogen-bond acceptors (Lipinski definition) is 5. The average molecular weight is 360 g/mol. The standard InChI is InChI=1S/C18H17FN2O5/c1-25-18(24)14-11-20(16(22)12-4-6-13(19)7-5-12)8-9-21(14)17(23)15-3-2-10-26-15/h2-7,10,14H,8-9,11H2,1H3. The van der Waals surface area contributed by atoms with Gasteiger partial charge in [0.05, 0.1) is 19.9 Å². The molecule has 1 aliphatic rings. The van der Waals surface area contributed by atoms with Crippen LogP contribution in [0.5, 0.6) is 0 Å². The maximum Gasteiger partial charge on any atom is 0.330 e. The lowest BCUT2D eigenvalue weighted by atomic mass is 10.1. The number of ether oxygens (including phenoxy) is 1. The van der Waals surface area contributed by atoms with Crippen LogP contribution in [0.1, 0.15) is 20.9 Å².